The highest BCUT2D eigenvalue weighted by Gasteiger charge is 2.20. The highest BCUT2D eigenvalue weighted by atomic mass is 35.5. The number of hydrogen-bond donors (Lipinski definition) is 2. The highest BCUT2D eigenvalue weighted by molar-refractivity contribution is 7.91. The first-order chi connectivity index (χ1) is 22.8. The van der Waals surface area contributed by atoms with E-state index >= 15 is 0 Å². The van der Waals surface area contributed by atoms with Crippen molar-refractivity contribution < 1.29 is 22.7 Å². The van der Waals surface area contributed by atoms with E-state index in [2.05, 4.69) is 31.3 Å². The lowest BCUT2D eigenvalue weighted by atomic mass is 10.1. The topological polar surface area (TPSA) is 149 Å². The molecule has 2 heterocycles. The van der Waals surface area contributed by atoms with Crippen molar-refractivity contribution in [2.45, 2.75) is 62.6 Å². The van der Waals surface area contributed by atoms with Crippen LogP contribution in [0.25, 0.3) is 0 Å². The molecule has 0 bridgehead atoms. The fourth-order valence-electron chi connectivity index (χ4n) is 5.44. The summed E-state index contributed by atoms with van der Waals surface area (Å²) in [6.07, 6.45) is 5.75. The molecule has 1 aliphatic rings. The molecule has 0 aliphatic heterocycles. The van der Waals surface area contributed by atoms with Gasteiger partial charge < -0.3 is 14.8 Å². The van der Waals surface area contributed by atoms with Crippen LogP contribution < -0.4 is 14.8 Å². The number of H-pyrrole nitrogens is 1. The van der Waals surface area contributed by atoms with Gasteiger partial charge in [0, 0.05) is 21.9 Å². The van der Waals surface area contributed by atoms with Crippen molar-refractivity contribution in [1.29, 1.82) is 0 Å². The lowest BCUT2D eigenvalue weighted by Gasteiger charge is -2.14. The SMILES string of the molecule is O=C(Nc1cc(CCCS(=O)(=O)c2ccc(Cl)cc2)ccc1OCc1nn[nH]n1)c1cccc(OCc2nc(C3CCCC3)cs2)c1. The molecule has 0 spiro atoms. The molecule has 3 aromatic carbocycles. The van der Waals surface area contributed by atoms with Gasteiger partial charge in [-0.1, -0.05) is 41.8 Å². The van der Waals surface area contributed by atoms with Crippen molar-refractivity contribution in [2.24, 2.45) is 0 Å². The largest absolute Gasteiger partial charge is 0.486 e. The van der Waals surface area contributed by atoms with Crippen molar-refractivity contribution in [1.82, 2.24) is 25.6 Å². The molecular formula is C33H33ClN6O5S2. The Bertz CT molecular complexity index is 1910. The summed E-state index contributed by atoms with van der Waals surface area (Å²) < 4.78 is 37.5. The summed E-state index contributed by atoms with van der Waals surface area (Å²) in [4.78, 5) is 18.5. The second kappa shape index (κ2) is 15.1. The van der Waals surface area contributed by atoms with E-state index in [9.17, 15) is 13.2 Å². The van der Waals surface area contributed by atoms with Gasteiger partial charge >= 0.3 is 0 Å². The minimum Gasteiger partial charge on any atom is -0.486 e. The number of nitrogens with zero attached hydrogens (tertiary/aromatic N) is 4. The average Bonchev–Trinajstić information content (AvgIpc) is 3.87. The molecule has 14 heteroatoms. The molecule has 0 radical (unpaired) electrons. The molecule has 47 heavy (non-hydrogen) atoms. The summed E-state index contributed by atoms with van der Waals surface area (Å²) >= 11 is 7.51. The standard InChI is InChI=1S/C33H33ClN6O5S2/c34-25-11-13-27(14-12-25)47(42,43)16-4-5-22-10-15-30(45-19-31-37-39-40-38-31)28(17-22)36-33(41)24-8-3-9-26(18-24)44-20-32-35-29(21-46-32)23-6-1-2-7-23/h3,8-15,17-18,21,23H,1-2,4-7,16,19-20H2,(H,36,41)(H,37,38,39,40). The van der Waals surface area contributed by atoms with Gasteiger partial charge in [-0.15, -0.1) is 21.5 Å². The predicted molar refractivity (Wildman–Crippen MR) is 179 cm³/mol. The van der Waals surface area contributed by atoms with Gasteiger partial charge in [0.1, 0.15) is 23.1 Å². The normalized spacial score (nSPS) is 13.5. The summed E-state index contributed by atoms with van der Waals surface area (Å²) in [7, 11) is -3.47. The van der Waals surface area contributed by atoms with Crippen molar-refractivity contribution in [3.63, 3.8) is 0 Å². The molecule has 1 amide bonds. The third-order valence-electron chi connectivity index (χ3n) is 7.89. The van der Waals surface area contributed by atoms with Gasteiger partial charge in [0.25, 0.3) is 5.91 Å². The van der Waals surface area contributed by atoms with E-state index < -0.39 is 9.84 Å². The Hall–Kier alpha value is -4.33. The third-order valence-corrected chi connectivity index (χ3v) is 10.8. The van der Waals surface area contributed by atoms with Crippen LogP contribution in [0.1, 0.15) is 70.5 Å². The summed E-state index contributed by atoms with van der Waals surface area (Å²) in [5, 5.41) is 20.2. The Kier molecular flexibility index (Phi) is 10.4. The summed E-state index contributed by atoms with van der Waals surface area (Å²) in [5.41, 5.74) is 2.81. The van der Waals surface area contributed by atoms with E-state index in [0.29, 0.717) is 59.0 Å². The number of rotatable bonds is 14. The molecule has 1 fully saturated rings. The third kappa shape index (κ3) is 8.73. The van der Waals surface area contributed by atoms with Crippen LogP contribution in [0.3, 0.4) is 0 Å². The fourth-order valence-corrected chi connectivity index (χ4v) is 7.66. The molecule has 1 aliphatic carbocycles. The molecule has 5 aromatic rings. The van der Waals surface area contributed by atoms with Crippen LogP contribution >= 0.6 is 22.9 Å². The number of tetrazole rings is 1. The Morgan fingerprint density at radius 2 is 1.85 bits per heavy atom. The van der Waals surface area contributed by atoms with Crippen LogP contribution in [0.4, 0.5) is 5.69 Å². The number of anilines is 1. The number of aryl methyl sites for hydroxylation is 1. The molecular weight excluding hydrogens is 660 g/mol. The van der Waals surface area contributed by atoms with Gasteiger partial charge in [-0.25, -0.2) is 13.4 Å². The second-order valence-corrected chi connectivity index (χ2v) is 14.7. The first-order valence-corrected chi connectivity index (χ1v) is 18.2. The zero-order valence-electron chi connectivity index (χ0n) is 25.4. The van der Waals surface area contributed by atoms with Crippen LogP contribution in [0, 0.1) is 0 Å². The number of benzene rings is 3. The van der Waals surface area contributed by atoms with Crippen LogP contribution in [-0.2, 0) is 29.5 Å². The molecule has 0 unspecified atom stereocenters. The number of nitrogens with one attached hydrogen (secondary N) is 2. The summed E-state index contributed by atoms with van der Waals surface area (Å²) in [5.74, 6) is 1.45. The number of thiazole rings is 1. The summed E-state index contributed by atoms with van der Waals surface area (Å²) in [6, 6.07) is 18.4. The number of aromatic nitrogens is 5. The Labute approximate surface area is 281 Å². The van der Waals surface area contributed by atoms with Gasteiger partial charge in [0.15, 0.2) is 16.4 Å². The van der Waals surface area contributed by atoms with Crippen LogP contribution in [0.5, 0.6) is 11.5 Å². The fraction of sp³-hybridized carbons (Fsp3) is 0.303. The van der Waals surface area contributed by atoms with Crippen molar-refractivity contribution >= 4 is 44.4 Å². The Morgan fingerprint density at radius 3 is 2.64 bits per heavy atom. The van der Waals surface area contributed by atoms with Crippen molar-refractivity contribution in [3.8, 4) is 11.5 Å². The highest BCUT2D eigenvalue weighted by Crippen LogP contribution is 2.34. The van der Waals surface area contributed by atoms with E-state index in [1.807, 2.05) is 6.07 Å². The van der Waals surface area contributed by atoms with Gasteiger partial charge in [-0.05, 0) is 85.8 Å². The van der Waals surface area contributed by atoms with Crippen LogP contribution in [-0.4, -0.2) is 45.7 Å². The first-order valence-electron chi connectivity index (χ1n) is 15.3. The summed E-state index contributed by atoms with van der Waals surface area (Å²) in [6.45, 7) is 0.354. The van der Waals surface area contributed by atoms with Crippen molar-refractivity contribution in [3.05, 3.63) is 105 Å². The maximum absolute atomic E-state index is 13.5. The van der Waals surface area contributed by atoms with Gasteiger partial charge in [0.2, 0.25) is 5.82 Å². The smallest absolute Gasteiger partial charge is 0.255 e. The number of ether oxygens (including phenoxy) is 2. The number of carbonyl (C=O) groups is 1. The van der Waals surface area contributed by atoms with Gasteiger partial charge in [-0.2, -0.15) is 5.21 Å². The minimum atomic E-state index is -3.47. The molecule has 11 nitrogen and oxygen atoms in total. The quantitative estimate of drug-likeness (QED) is 0.128. The Balaban J connectivity index is 1.12. The van der Waals surface area contributed by atoms with E-state index in [-0.39, 0.29) is 23.2 Å². The maximum atomic E-state index is 13.5. The molecule has 1 saturated carbocycles. The van der Waals surface area contributed by atoms with Gasteiger partial charge in [0.05, 0.1) is 22.0 Å². The second-order valence-electron chi connectivity index (χ2n) is 11.2. The lowest BCUT2D eigenvalue weighted by molar-refractivity contribution is 0.102. The van der Waals surface area contributed by atoms with E-state index in [1.54, 1.807) is 59.9 Å². The monoisotopic (exact) mass is 692 g/mol. The lowest BCUT2D eigenvalue weighted by Crippen LogP contribution is -2.14. The molecule has 2 N–H and O–H groups in total. The molecule has 2 aromatic heterocycles. The average molecular weight is 693 g/mol. The molecule has 244 valence electrons. The van der Waals surface area contributed by atoms with E-state index in [0.717, 1.165) is 16.3 Å². The first kappa shape index (κ1) is 32.6. The van der Waals surface area contributed by atoms with Crippen LogP contribution in [0.15, 0.2) is 77.0 Å². The molecule has 0 atom stereocenters. The number of halogens is 1. The van der Waals surface area contributed by atoms with Crippen molar-refractivity contribution in [2.75, 3.05) is 11.1 Å². The number of amides is 1. The van der Waals surface area contributed by atoms with E-state index in [4.69, 9.17) is 26.1 Å². The van der Waals surface area contributed by atoms with Crippen LogP contribution in [0.2, 0.25) is 5.02 Å². The predicted octanol–water partition coefficient (Wildman–Crippen LogP) is 6.78. The zero-order valence-corrected chi connectivity index (χ0v) is 27.8. The number of sulfone groups is 1. The number of aromatic amines is 1. The minimum absolute atomic E-state index is 0.0284. The maximum Gasteiger partial charge on any atom is 0.255 e. The molecule has 6 rings (SSSR count). The molecule has 0 saturated heterocycles. The van der Waals surface area contributed by atoms with Gasteiger partial charge in [-0.3, -0.25) is 4.79 Å². The number of hydrogen-bond acceptors (Lipinski definition) is 10. The Morgan fingerprint density at radius 1 is 1.02 bits per heavy atom. The zero-order chi connectivity index (χ0) is 32.6. The van der Waals surface area contributed by atoms with E-state index in [1.165, 1.54) is 37.8 Å². The number of carbonyl (C=O) groups excluding carboxylic acids is 1.